The Morgan fingerprint density at radius 2 is 1.91 bits per heavy atom. The van der Waals surface area contributed by atoms with Gasteiger partial charge in [0.1, 0.15) is 0 Å². The Balaban J connectivity index is 1.96. The minimum atomic E-state index is -0.738. The van der Waals surface area contributed by atoms with Gasteiger partial charge in [-0.05, 0) is 69.1 Å². The number of hydrogen-bond donors (Lipinski definition) is 2. The Kier molecular flexibility index (Phi) is 6.13. The molecule has 2 N–H and O–H groups in total. The van der Waals surface area contributed by atoms with E-state index >= 15 is 0 Å². The van der Waals surface area contributed by atoms with Crippen LogP contribution in [0.3, 0.4) is 0 Å². The molecule has 0 unspecified atom stereocenters. The van der Waals surface area contributed by atoms with Crippen molar-refractivity contribution in [3.05, 3.63) is 24.3 Å². The lowest BCUT2D eigenvalue weighted by molar-refractivity contribution is -0.0913. The summed E-state index contributed by atoms with van der Waals surface area (Å²) >= 11 is 0. The first-order valence-corrected chi connectivity index (χ1v) is 9.49. The summed E-state index contributed by atoms with van der Waals surface area (Å²) in [6, 6.07) is 0. The highest BCUT2D eigenvalue weighted by atomic mass is 16.3. The molecule has 0 aromatic rings. The van der Waals surface area contributed by atoms with Crippen LogP contribution in [0.1, 0.15) is 72.6 Å². The fourth-order valence-corrected chi connectivity index (χ4v) is 5.15. The topological polar surface area (TPSA) is 40.5 Å². The lowest BCUT2D eigenvalue weighted by atomic mass is 9.52. The van der Waals surface area contributed by atoms with Gasteiger partial charge in [0.05, 0.1) is 11.7 Å². The molecule has 2 fully saturated rings. The maximum absolute atomic E-state index is 10.4. The molecule has 0 aromatic heterocycles. The van der Waals surface area contributed by atoms with Crippen LogP contribution < -0.4 is 0 Å². The Bertz CT molecular complexity index is 432. The van der Waals surface area contributed by atoms with Gasteiger partial charge in [-0.15, -0.1) is 0 Å². The minimum Gasteiger partial charge on any atom is -0.393 e. The Labute approximate surface area is 142 Å². The first-order valence-electron chi connectivity index (χ1n) is 9.49. The third-order valence-electron chi connectivity index (χ3n) is 6.35. The highest BCUT2D eigenvalue weighted by molar-refractivity contribution is 5.08. The van der Waals surface area contributed by atoms with Gasteiger partial charge in [0.25, 0.3) is 0 Å². The quantitative estimate of drug-likeness (QED) is 0.710. The number of aliphatic hydroxyl groups is 2. The summed E-state index contributed by atoms with van der Waals surface area (Å²) in [6.45, 7) is 8.40. The smallest absolute Gasteiger partial charge is 0.0774 e. The fraction of sp³-hybridized carbons (Fsp3) is 0.810. The average Bonchev–Trinajstić information content (AvgIpc) is 2.44. The molecule has 2 aliphatic rings. The van der Waals surface area contributed by atoms with E-state index in [1.165, 1.54) is 32.1 Å². The van der Waals surface area contributed by atoms with Gasteiger partial charge in [0.2, 0.25) is 0 Å². The summed E-state index contributed by atoms with van der Waals surface area (Å²) in [5, 5.41) is 20.1. The van der Waals surface area contributed by atoms with Crippen LogP contribution in [0.4, 0.5) is 0 Å². The van der Waals surface area contributed by atoms with Crippen LogP contribution in [0.25, 0.3) is 0 Å². The van der Waals surface area contributed by atoms with Crippen LogP contribution in [-0.4, -0.2) is 21.9 Å². The Morgan fingerprint density at radius 3 is 2.61 bits per heavy atom. The number of rotatable bonds is 5. The predicted octanol–water partition coefficient (Wildman–Crippen LogP) is 4.86. The van der Waals surface area contributed by atoms with Gasteiger partial charge in [-0.3, -0.25) is 0 Å². The van der Waals surface area contributed by atoms with E-state index in [1.807, 2.05) is 12.2 Å². The van der Waals surface area contributed by atoms with Crippen molar-refractivity contribution in [2.45, 2.75) is 84.3 Å². The van der Waals surface area contributed by atoms with Gasteiger partial charge in [0.15, 0.2) is 0 Å². The van der Waals surface area contributed by atoms with Crippen LogP contribution in [0.2, 0.25) is 0 Å². The van der Waals surface area contributed by atoms with Gasteiger partial charge in [0, 0.05) is 0 Å². The van der Waals surface area contributed by atoms with Gasteiger partial charge >= 0.3 is 0 Å². The molecule has 0 bridgehead atoms. The van der Waals surface area contributed by atoms with E-state index in [1.54, 1.807) is 13.8 Å². The van der Waals surface area contributed by atoms with E-state index in [0.29, 0.717) is 17.3 Å². The molecule has 0 aliphatic heterocycles. The predicted molar refractivity (Wildman–Crippen MR) is 97.2 cm³/mol. The molecule has 0 aromatic carbocycles. The highest BCUT2D eigenvalue weighted by Crippen LogP contribution is 2.55. The zero-order valence-electron chi connectivity index (χ0n) is 15.5. The molecule has 0 radical (unpaired) electrons. The normalized spacial score (nSPS) is 37.2. The first-order chi connectivity index (χ1) is 10.7. The standard InChI is InChI=1S/C21H36O2/c1-16(10-6-5-7-14-20(2,3)23)17-11-8-12-18-19(22)13-9-15-21(17,18)4/h5-7,14,16-19,22-23H,8-13,15H2,1-4H3/t16-,17-,18+,19+,21-/m1/s1. The molecule has 0 heterocycles. The molecule has 5 atom stereocenters. The molecule has 0 amide bonds. The molecule has 2 aliphatic carbocycles. The second-order valence-corrected chi connectivity index (χ2v) is 8.76. The highest BCUT2D eigenvalue weighted by Gasteiger charge is 2.49. The summed E-state index contributed by atoms with van der Waals surface area (Å²) in [5.41, 5.74) is -0.412. The van der Waals surface area contributed by atoms with Crippen LogP contribution in [0.5, 0.6) is 0 Å². The first kappa shape index (κ1) is 18.7. The zero-order valence-corrected chi connectivity index (χ0v) is 15.5. The summed E-state index contributed by atoms with van der Waals surface area (Å²) in [6.07, 6.45) is 16.3. The van der Waals surface area contributed by atoms with Gasteiger partial charge in [-0.25, -0.2) is 0 Å². The summed E-state index contributed by atoms with van der Waals surface area (Å²) in [7, 11) is 0. The van der Waals surface area contributed by atoms with Crippen molar-refractivity contribution in [3.63, 3.8) is 0 Å². The molecule has 0 saturated heterocycles. The molecule has 2 nitrogen and oxygen atoms in total. The molecule has 132 valence electrons. The number of fused-ring (bicyclic) bond motifs is 1. The SMILES string of the molecule is C[C@H](CC=CC=CC(C)(C)O)[C@H]1CCC[C@H]2[C@@H](O)CCC[C@]12C. The van der Waals surface area contributed by atoms with Crippen molar-refractivity contribution in [2.75, 3.05) is 0 Å². The third-order valence-corrected chi connectivity index (χ3v) is 6.35. The number of allylic oxidation sites excluding steroid dienone is 3. The van der Waals surface area contributed by atoms with Crippen molar-refractivity contribution >= 4 is 0 Å². The maximum atomic E-state index is 10.4. The molecule has 2 rings (SSSR count). The molecular weight excluding hydrogens is 284 g/mol. The van der Waals surface area contributed by atoms with Gasteiger partial charge < -0.3 is 10.2 Å². The molecule has 23 heavy (non-hydrogen) atoms. The van der Waals surface area contributed by atoms with E-state index in [9.17, 15) is 10.2 Å². The van der Waals surface area contributed by atoms with Crippen LogP contribution in [0, 0.1) is 23.2 Å². The van der Waals surface area contributed by atoms with Crippen LogP contribution in [-0.2, 0) is 0 Å². The lowest BCUT2D eigenvalue weighted by Gasteiger charge is -2.54. The van der Waals surface area contributed by atoms with E-state index in [-0.39, 0.29) is 6.10 Å². The zero-order chi connectivity index (χ0) is 17.1. The fourth-order valence-electron chi connectivity index (χ4n) is 5.15. The monoisotopic (exact) mass is 320 g/mol. The second-order valence-electron chi connectivity index (χ2n) is 8.76. The average molecular weight is 321 g/mol. The van der Waals surface area contributed by atoms with E-state index in [4.69, 9.17) is 0 Å². The lowest BCUT2D eigenvalue weighted by Crippen LogP contribution is -2.49. The summed E-state index contributed by atoms with van der Waals surface area (Å²) in [5.74, 6) is 1.88. The largest absolute Gasteiger partial charge is 0.393 e. The molecule has 2 saturated carbocycles. The Hall–Kier alpha value is -0.600. The maximum Gasteiger partial charge on any atom is 0.0774 e. The Morgan fingerprint density at radius 1 is 1.17 bits per heavy atom. The van der Waals surface area contributed by atoms with Gasteiger partial charge in [-0.2, -0.15) is 0 Å². The molecule has 0 spiro atoms. The van der Waals surface area contributed by atoms with E-state index < -0.39 is 5.60 Å². The number of hydrogen-bond acceptors (Lipinski definition) is 2. The minimum absolute atomic E-state index is 0.0750. The molecule has 2 heteroatoms. The van der Waals surface area contributed by atoms with Crippen molar-refractivity contribution in [3.8, 4) is 0 Å². The summed E-state index contributed by atoms with van der Waals surface area (Å²) < 4.78 is 0. The van der Waals surface area contributed by atoms with Crippen molar-refractivity contribution in [2.24, 2.45) is 23.2 Å². The molecular formula is C21H36O2. The summed E-state index contributed by atoms with van der Waals surface area (Å²) in [4.78, 5) is 0. The second kappa shape index (κ2) is 7.53. The van der Waals surface area contributed by atoms with Crippen molar-refractivity contribution < 1.29 is 10.2 Å². The third kappa shape index (κ3) is 4.70. The van der Waals surface area contributed by atoms with Crippen molar-refractivity contribution in [1.29, 1.82) is 0 Å². The van der Waals surface area contributed by atoms with E-state index in [2.05, 4.69) is 26.0 Å². The van der Waals surface area contributed by atoms with Crippen LogP contribution in [0.15, 0.2) is 24.3 Å². The van der Waals surface area contributed by atoms with Gasteiger partial charge in [-0.1, -0.05) is 51.0 Å². The van der Waals surface area contributed by atoms with Crippen molar-refractivity contribution in [1.82, 2.24) is 0 Å². The number of aliphatic hydroxyl groups excluding tert-OH is 1. The van der Waals surface area contributed by atoms with E-state index in [0.717, 1.165) is 18.8 Å². The van der Waals surface area contributed by atoms with Crippen LogP contribution >= 0.6 is 0 Å².